The van der Waals surface area contributed by atoms with Crippen LogP contribution in [0, 0.1) is 0 Å². The van der Waals surface area contributed by atoms with Gasteiger partial charge in [0.2, 0.25) is 5.88 Å². The molecule has 2 aromatic heterocycles. The highest BCUT2D eigenvalue weighted by atomic mass is 19.3. The number of anilines is 1. The first-order valence-corrected chi connectivity index (χ1v) is 7.76. The number of carbonyl (C=O) groups excluding carboxylic acids is 1. The van der Waals surface area contributed by atoms with Gasteiger partial charge >= 0.3 is 12.3 Å². The Bertz CT molecular complexity index is 974. The second-order valence-corrected chi connectivity index (χ2v) is 5.68. The van der Waals surface area contributed by atoms with Gasteiger partial charge in [-0.1, -0.05) is 18.2 Å². The Morgan fingerprint density at radius 1 is 1.30 bits per heavy atom. The van der Waals surface area contributed by atoms with Crippen LogP contribution in [0.5, 0.6) is 5.88 Å². The Balaban J connectivity index is 1.76. The Hall–Kier alpha value is -3.17. The summed E-state index contributed by atoms with van der Waals surface area (Å²) >= 11 is 0. The molecule has 0 bridgehead atoms. The molecule has 0 saturated heterocycles. The van der Waals surface area contributed by atoms with Gasteiger partial charge < -0.3 is 10.1 Å². The smallest absolute Gasteiger partial charge is 0.340 e. The summed E-state index contributed by atoms with van der Waals surface area (Å²) in [6.07, 6.45) is -2.65. The predicted molar refractivity (Wildman–Crippen MR) is 89.4 cm³/mol. The number of aromatic nitrogens is 3. The number of hydrogen-bond acceptors (Lipinski definition) is 4. The van der Waals surface area contributed by atoms with Crippen LogP contribution in [0.3, 0.4) is 0 Å². The number of halogens is 4. The van der Waals surface area contributed by atoms with Crippen molar-refractivity contribution < 1.29 is 27.1 Å². The average molecular weight is 382 g/mol. The van der Waals surface area contributed by atoms with Gasteiger partial charge in [0, 0.05) is 30.4 Å². The number of aryl methyl sites for hydroxylation is 1. The predicted octanol–water partition coefficient (Wildman–Crippen LogP) is 3.50. The zero-order valence-corrected chi connectivity index (χ0v) is 14.0. The lowest BCUT2D eigenvalue weighted by Crippen LogP contribution is -2.33. The first kappa shape index (κ1) is 18.6. The first-order chi connectivity index (χ1) is 12.8. The van der Waals surface area contributed by atoms with Crippen LogP contribution in [0.4, 0.5) is 23.2 Å². The number of amides is 1. The largest absolute Gasteiger partial charge is 0.471 e. The second kappa shape index (κ2) is 7.22. The maximum absolute atomic E-state index is 12.9. The fourth-order valence-corrected chi connectivity index (χ4v) is 2.41. The molecule has 0 aliphatic heterocycles. The summed E-state index contributed by atoms with van der Waals surface area (Å²) in [6, 6.07) is 9.63. The van der Waals surface area contributed by atoms with Crippen molar-refractivity contribution in [1.82, 2.24) is 14.8 Å². The van der Waals surface area contributed by atoms with Gasteiger partial charge in [-0.05, 0) is 12.1 Å². The molecule has 0 saturated carbocycles. The summed E-state index contributed by atoms with van der Waals surface area (Å²) in [4.78, 5) is 16.2. The van der Waals surface area contributed by atoms with E-state index < -0.39 is 24.9 Å². The van der Waals surface area contributed by atoms with E-state index in [4.69, 9.17) is 0 Å². The Morgan fingerprint density at radius 2 is 2.04 bits per heavy atom. The molecule has 6 nitrogen and oxygen atoms in total. The van der Waals surface area contributed by atoms with Gasteiger partial charge in [-0.15, -0.1) is 0 Å². The number of hydrogen-bond donors (Lipinski definition) is 1. The van der Waals surface area contributed by atoms with Gasteiger partial charge in [-0.25, -0.2) is 13.8 Å². The summed E-state index contributed by atoms with van der Waals surface area (Å²) in [5, 5.41) is 7.45. The van der Waals surface area contributed by atoms with E-state index in [9.17, 15) is 22.4 Å². The van der Waals surface area contributed by atoms with Gasteiger partial charge in [0.25, 0.3) is 5.91 Å². The number of pyridine rings is 1. The number of alkyl halides is 4. The van der Waals surface area contributed by atoms with Crippen LogP contribution in [-0.4, -0.2) is 39.6 Å². The van der Waals surface area contributed by atoms with Crippen LogP contribution in [0.15, 0.2) is 42.6 Å². The number of nitrogens with zero attached hydrogens (tertiary/aromatic N) is 3. The fraction of sp³-hybridized carbons (Fsp3) is 0.235. The molecule has 0 aliphatic carbocycles. The molecule has 0 fully saturated rings. The molecule has 27 heavy (non-hydrogen) atoms. The van der Waals surface area contributed by atoms with E-state index in [0.717, 1.165) is 6.07 Å². The fourth-order valence-electron chi connectivity index (χ4n) is 2.41. The Kier molecular flexibility index (Phi) is 4.98. The van der Waals surface area contributed by atoms with Crippen molar-refractivity contribution in [3.05, 3.63) is 48.3 Å². The van der Waals surface area contributed by atoms with Crippen molar-refractivity contribution in [3.8, 4) is 5.88 Å². The number of carbonyl (C=O) groups is 1. The van der Waals surface area contributed by atoms with Crippen LogP contribution in [-0.2, 0) is 7.05 Å². The SMILES string of the molecule is Cn1nc2ccccc2c1C(=O)Nc1ccnc(OCC(F)(F)C(F)F)c1. The molecule has 10 heteroatoms. The maximum atomic E-state index is 12.9. The van der Waals surface area contributed by atoms with E-state index in [1.807, 2.05) is 0 Å². The Morgan fingerprint density at radius 3 is 2.78 bits per heavy atom. The molecular weight excluding hydrogens is 368 g/mol. The average Bonchev–Trinajstić information content (AvgIpc) is 2.96. The zero-order chi connectivity index (χ0) is 19.6. The van der Waals surface area contributed by atoms with Crippen LogP contribution in [0.1, 0.15) is 10.5 Å². The highest BCUT2D eigenvalue weighted by Gasteiger charge is 2.41. The maximum Gasteiger partial charge on any atom is 0.340 e. The van der Waals surface area contributed by atoms with E-state index in [1.54, 1.807) is 31.3 Å². The van der Waals surface area contributed by atoms with Crippen molar-refractivity contribution in [1.29, 1.82) is 0 Å². The highest BCUT2D eigenvalue weighted by Crippen LogP contribution is 2.25. The molecule has 0 spiro atoms. The van der Waals surface area contributed by atoms with Gasteiger partial charge in [0.15, 0.2) is 6.61 Å². The Labute approximate surface area is 150 Å². The van der Waals surface area contributed by atoms with Gasteiger partial charge in [0.05, 0.1) is 5.52 Å². The molecule has 0 aliphatic rings. The van der Waals surface area contributed by atoms with Gasteiger partial charge in [0.1, 0.15) is 5.69 Å². The van der Waals surface area contributed by atoms with E-state index in [-0.39, 0.29) is 11.6 Å². The number of fused-ring (bicyclic) bond motifs is 1. The molecule has 2 heterocycles. The monoisotopic (exact) mass is 382 g/mol. The molecule has 142 valence electrons. The third-order valence-corrected chi connectivity index (χ3v) is 3.68. The lowest BCUT2D eigenvalue weighted by molar-refractivity contribution is -0.148. The van der Waals surface area contributed by atoms with Crippen LogP contribution >= 0.6 is 0 Å². The molecule has 1 amide bonds. The van der Waals surface area contributed by atoms with E-state index >= 15 is 0 Å². The van der Waals surface area contributed by atoms with Crippen LogP contribution in [0.25, 0.3) is 10.9 Å². The van der Waals surface area contributed by atoms with E-state index in [2.05, 4.69) is 20.1 Å². The van der Waals surface area contributed by atoms with Crippen molar-refractivity contribution in [2.24, 2.45) is 7.05 Å². The summed E-state index contributed by atoms with van der Waals surface area (Å²) in [5.74, 6) is -5.10. The number of rotatable bonds is 6. The quantitative estimate of drug-likeness (QED) is 0.663. The minimum Gasteiger partial charge on any atom is -0.471 e. The molecule has 3 aromatic rings. The van der Waals surface area contributed by atoms with Crippen molar-refractivity contribution >= 4 is 22.5 Å². The lowest BCUT2D eigenvalue weighted by atomic mass is 10.2. The summed E-state index contributed by atoms with van der Waals surface area (Å²) in [5.41, 5.74) is 1.14. The number of ether oxygens (including phenoxy) is 1. The van der Waals surface area contributed by atoms with E-state index in [0.29, 0.717) is 16.6 Å². The standard InChI is InChI=1S/C17H14F4N4O2/c1-25-14(11-4-2-3-5-12(11)24-25)15(26)23-10-6-7-22-13(8-10)27-9-17(20,21)16(18)19/h2-8,16H,9H2,1H3,(H,22,23,26). The minimum absolute atomic E-state index is 0.204. The van der Waals surface area contributed by atoms with Gasteiger partial charge in [-0.3, -0.25) is 9.48 Å². The third kappa shape index (κ3) is 3.99. The normalized spacial score (nSPS) is 11.8. The lowest BCUT2D eigenvalue weighted by Gasteiger charge is -2.15. The minimum atomic E-state index is -4.30. The second-order valence-electron chi connectivity index (χ2n) is 5.68. The van der Waals surface area contributed by atoms with Gasteiger partial charge in [-0.2, -0.15) is 13.9 Å². The van der Waals surface area contributed by atoms with Crippen molar-refractivity contribution in [2.45, 2.75) is 12.3 Å². The molecular formula is C17H14F4N4O2. The molecule has 0 atom stereocenters. The first-order valence-electron chi connectivity index (χ1n) is 7.76. The van der Waals surface area contributed by atoms with E-state index in [1.165, 1.54) is 16.9 Å². The molecule has 3 rings (SSSR count). The summed E-state index contributed by atoms with van der Waals surface area (Å²) in [6.45, 7) is -1.53. The highest BCUT2D eigenvalue weighted by molar-refractivity contribution is 6.11. The van der Waals surface area contributed by atoms with Crippen molar-refractivity contribution in [2.75, 3.05) is 11.9 Å². The molecule has 1 aromatic carbocycles. The van der Waals surface area contributed by atoms with Crippen LogP contribution < -0.4 is 10.1 Å². The molecule has 0 radical (unpaired) electrons. The summed E-state index contributed by atoms with van der Waals surface area (Å²) in [7, 11) is 1.61. The molecule has 0 unspecified atom stereocenters. The van der Waals surface area contributed by atoms with Crippen LogP contribution in [0.2, 0.25) is 0 Å². The third-order valence-electron chi connectivity index (χ3n) is 3.68. The molecule has 1 N–H and O–H groups in total. The van der Waals surface area contributed by atoms with Crippen molar-refractivity contribution in [3.63, 3.8) is 0 Å². The summed E-state index contributed by atoms with van der Waals surface area (Å²) < 4.78 is 56.3. The number of nitrogens with one attached hydrogen (secondary N) is 1. The topological polar surface area (TPSA) is 69.0 Å². The zero-order valence-electron chi connectivity index (χ0n) is 14.0. The number of benzene rings is 1.